The Kier molecular flexibility index (Phi) is 4.48. The highest BCUT2D eigenvalue weighted by atomic mass is 16.2. The molecule has 0 radical (unpaired) electrons. The largest absolute Gasteiger partial charge is 0.297 e. The minimum atomic E-state index is -0.0495. The van der Waals surface area contributed by atoms with Gasteiger partial charge < -0.3 is 0 Å². The standard InChI is InChI=1S/C24H19NO/c26-24-22(18-10-13-19-11-4-1-5-12-19)23(20-14-6-2-7-15-20)25(24)21-16-8-3-9-17-21/h1-18,23H/b13-10+,22-18+. The molecule has 3 aromatic rings. The van der Waals surface area contributed by atoms with Gasteiger partial charge in [0.15, 0.2) is 0 Å². The van der Waals surface area contributed by atoms with Crippen LogP contribution < -0.4 is 4.90 Å². The number of hydrogen-bond acceptors (Lipinski definition) is 1. The third kappa shape index (κ3) is 3.09. The van der Waals surface area contributed by atoms with E-state index in [1.54, 1.807) is 0 Å². The molecule has 0 aliphatic carbocycles. The molecule has 0 N–H and O–H groups in total. The zero-order valence-electron chi connectivity index (χ0n) is 14.3. The van der Waals surface area contributed by atoms with Crippen LogP contribution in [0.2, 0.25) is 0 Å². The van der Waals surface area contributed by atoms with E-state index in [2.05, 4.69) is 12.1 Å². The second kappa shape index (κ2) is 7.24. The van der Waals surface area contributed by atoms with Crippen LogP contribution in [0.1, 0.15) is 17.2 Å². The number of para-hydroxylation sites is 1. The van der Waals surface area contributed by atoms with Crippen molar-refractivity contribution in [3.8, 4) is 0 Å². The van der Waals surface area contributed by atoms with Gasteiger partial charge in [0, 0.05) is 11.3 Å². The Hall–Kier alpha value is -3.39. The lowest BCUT2D eigenvalue weighted by molar-refractivity contribution is -0.119. The lowest BCUT2D eigenvalue weighted by atomic mass is 9.87. The van der Waals surface area contributed by atoms with E-state index in [4.69, 9.17) is 0 Å². The average Bonchev–Trinajstić information content (AvgIpc) is 2.71. The molecule has 26 heavy (non-hydrogen) atoms. The van der Waals surface area contributed by atoms with Crippen molar-refractivity contribution in [2.45, 2.75) is 6.04 Å². The topological polar surface area (TPSA) is 20.3 Å². The van der Waals surface area contributed by atoms with Crippen molar-refractivity contribution in [3.05, 3.63) is 120 Å². The fraction of sp³-hybridized carbons (Fsp3) is 0.0417. The van der Waals surface area contributed by atoms with Crippen LogP contribution in [0.4, 0.5) is 5.69 Å². The van der Waals surface area contributed by atoms with Gasteiger partial charge in [0.25, 0.3) is 5.91 Å². The molecule has 0 aromatic heterocycles. The van der Waals surface area contributed by atoms with Crippen molar-refractivity contribution < 1.29 is 4.79 Å². The highest BCUT2D eigenvalue weighted by molar-refractivity contribution is 6.15. The zero-order valence-corrected chi connectivity index (χ0v) is 14.3. The van der Waals surface area contributed by atoms with Gasteiger partial charge in [-0.3, -0.25) is 9.69 Å². The molecule has 1 amide bonds. The Labute approximate surface area is 153 Å². The molecule has 2 heteroatoms. The van der Waals surface area contributed by atoms with Crippen molar-refractivity contribution in [2.75, 3.05) is 4.90 Å². The van der Waals surface area contributed by atoms with Crippen molar-refractivity contribution >= 4 is 17.7 Å². The van der Waals surface area contributed by atoms with Gasteiger partial charge in [0.05, 0.1) is 6.04 Å². The summed E-state index contributed by atoms with van der Waals surface area (Å²) in [5, 5.41) is 0. The number of amides is 1. The summed E-state index contributed by atoms with van der Waals surface area (Å²) in [6.07, 6.45) is 5.92. The van der Waals surface area contributed by atoms with Gasteiger partial charge >= 0.3 is 0 Å². The second-order valence-electron chi connectivity index (χ2n) is 6.22. The van der Waals surface area contributed by atoms with Crippen LogP contribution in [0, 0.1) is 0 Å². The number of β-lactam (4-membered cyclic amide) rings is 1. The van der Waals surface area contributed by atoms with E-state index in [9.17, 15) is 4.79 Å². The molecule has 1 saturated heterocycles. The summed E-state index contributed by atoms with van der Waals surface area (Å²) >= 11 is 0. The number of hydrogen-bond donors (Lipinski definition) is 0. The summed E-state index contributed by atoms with van der Waals surface area (Å²) in [5.74, 6) is 0.0581. The fourth-order valence-electron chi connectivity index (χ4n) is 3.25. The Morgan fingerprint density at radius 2 is 1.31 bits per heavy atom. The minimum absolute atomic E-state index is 0.0495. The number of benzene rings is 3. The molecule has 2 nitrogen and oxygen atoms in total. The number of carbonyl (C=O) groups excluding carboxylic acids is 1. The number of anilines is 1. The average molecular weight is 337 g/mol. The second-order valence-corrected chi connectivity index (χ2v) is 6.22. The first-order chi connectivity index (χ1) is 12.8. The Morgan fingerprint density at radius 3 is 1.96 bits per heavy atom. The molecule has 0 spiro atoms. The summed E-state index contributed by atoms with van der Waals surface area (Å²) < 4.78 is 0. The van der Waals surface area contributed by atoms with Crippen LogP contribution in [0.3, 0.4) is 0 Å². The summed E-state index contributed by atoms with van der Waals surface area (Å²) in [6, 6.07) is 30.0. The van der Waals surface area contributed by atoms with Crippen LogP contribution in [0.25, 0.3) is 6.08 Å². The first-order valence-electron chi connectivity index (χ1n) is 8.71. The van der Waals surface area contributed by atoms with Gasteiger partial charge in [-0.05, 0) is 23.3 Å². The molecule has 1 fully saturated rings. The zero-order chi connectivity index (χ0) is 17.8. The van der Waals surface area contributed by atoms with Gasteiger partial charge in [-0.2, -0.15) is 0 Å². The molecule has 0 saturated carbocycles. The molecule has 1 atom stereocenters. The number of carbonyl (C=O) groups is 1. The van der Waals surface area contributed by atoms with Crippen LogP contribution in [-0.4, -0.2) is 5.91 Å². The SMILES string of the molecule is O=C1/C(=C/C=C/c2ccccc2)C(c2ccccc2)N1c1ccccc1. The lowest BCUT2D eigenvalue weighted by Gasteiger charge is -2.43. The molecule has 1 aliphatic rings. The number of nitrogens with zero attached hydrogens (tertiary/aromatic N) is 1. The molecular weight excluding hydrogens is 318 g/mol. The third-order valence-electron chi connectivity index (χ3n) is 4.53. The highest BCUT2D eigenvalue weighted by Crippen LogP contribution is 2.42. The van der Waals surface area contributed by atoms with Gasteiger partial charge in [-0.1, -0.05) is 97.1 Å². The maximum Gasteiger partial charge on any atom is 0.257 e. The fourth-order valence-corrected chi connectivity index (χ4v) is 3.25. The predicted molar refractivity (Wildman–Crippen MR) is 107 cm³/mol. The van der Waals surface area contributed by atoms with E-state index in [-0.39, 0.29) is 11.9 Å². The smallest absolute Gasteiger partial charge is 0.257 e. The molecule has 0 bridgehead atoms. The lowest BCUT2D eigenvalue weighted by Crippen LogP contribution is -2.49. The first kappa shape index (κ1) is 16.1. The van der Waals surface area contributed by atoms with Crippen LogP contribution in [0.15, 0.2) is 109 Å². The minimum Gasteiger partial charge on any atom is -0.297 e. The van der Waals surface area contributed by atoms with Crippen molar-refractivity contribution in [1.82, 2.24) is 0 Å². The predicted octanol–water partition coefficient (Wildman–Crippen LogP) is 5.41. The van der Waals surface area contributed by atoms with Crippen LogP contribution in [0.5, 0.6) is 0 Å². The van der Waals surface area contributed by atoms with Gasteiger partial charge in [0.1, 0.15) is 0 Å². The Bertz CT molecular complexity index is 943. The summed E-state index contributed by atoms with van der Waals surface area (Å²) in [4.78, 5) is 14.7. The molecule has 1 aliphatic heterocycles. The van der Waals surface area contributed by atoms with E-state index < -0.39 is 0 Å². The van der Waals surface area contributed by atoms with E-state index >= 15 is 0 Å². The molecular formula is C24H19NO. The van der Waals surface area contributed by atoms with Gasteiger partial charge in [-0.15, -0.1) is 0 Å². The number of allylic oxidation sites excluding steroid dienone is 2. The van der Waals surface area contributed by atoms with E-state index in [1.165, 1.54) is 0 Å². The molecule has 1 unspecified atom stereocenters. The van der Waals surface area contributed by atoms with Crippen molar-refractivity contribution in [3.63, 3.8) is 0 Å². The number of rotatable bonds is 4. The molecule has 126 valence electrons. The maximum atomic E-state index is 12.8. The Balaban J connectivity index is 1.67. The van der Waals surface area contributed by atoms with E-state index in [1.807, 2.05) is 102 Å². The molecule has 4 rings (SSSR count). The van der Waals surface area contributed by atoms with Crippen LogP contribution >= 0.6 is 0 Å². The maximum absolute atomic E-state index is 12.8. The monoisotopic (exact) mass is 337 g/mol. The summed E-state index contributed by atoms with van der Waals surface area (Å²) in [6.45, 7) is 0. The normalized spacial score (nSPS) is 18.3. The van der Waals surface area contributed by atoms with Crippen molar-refractivity contribution in [2.24, 2.45) is 0 Å². The van der Waals surface area contributed by atoms with Crippen molar-refractivity contribution in [1.29, 1.82) is 0 Å². The quantitative estimate of drug-likeness (QED) is 0.460. The Morgan fingerprint density at radius 1 is 0.731 bits per heavy atom. The molecule has 3 aromatic carbocycles. The molecule has 1 heterocycles. The first-order valence-corrected chi connectivity index (χ1v) is 8.71. The summed E-state index contributed by atoms with van der Waals surface area (Å²) in [5.41, 5.74) is 3.98. The highest BCUT2D eigenvalue weighted by Gasteiger charge is 2.43. The van der Waals surface area contributed by atoms with Gasteiger partial charge in [0.2, 0.25) is 0 Å². The van der Waals surface area contributed by atoms with E-state index in [0.29, 0.717) is 0 Å². The summed E-state index contributed by atoms with van der Waals surface area (Å²) in [7, 11) is 0. The van der Waals surface area contributed by atoms with Crippen LogP contribution in [-0.2, 0) is 4.79 Å². The third-order valence-corrected chi connectivity index (χ3v) is 4.53. The van der Waals surface area contributed by atoms with E-state index in [0.717, 1.165) is 22.4 Å². The van der Waals surface area contributed by atoms with Gasteiger partial charge in [-0.25, -0.2) is 0 Å².